The van der Waals surface area contributed by atoms with E-state index in [9.17, 15) is 0 Å². The number of hydrogen-bond acceptors (Lipinski definition) is 6. The zero-order valence-corrected chi connectivity index (χ0v) is 60.4. The molecular weight excluding hydrogens is 1030 g/mol. The Bertz CT molecular complexity index is 1770. The summed E-state index contributed by atoms with van der Waals surface area (Å²) in [6, 6.07) is 21.2. The lowest BCUT2D eigenvalue weighted by Crippen LogP contribution is -1.94. The number of thiophene rings is 2. The Hall–Kier alpha value is -4.92. The van der Waals surface area contributed by atoms with Crippen LogP contribution in [0.5, 0.6) is 0 Å². The molecule has 468 valence electrons. The third kappa shape index (κ3) is 56.7. The van der Waals surface area contributed by atoms with Gasteiger partial charge >= 0.3 is 0 Å². The van der Waals surface area contributed by atoms with Crippen LogP contribution >= 0.6 is 22.7 Å². The van der Waals surface area contributed by atoms with Gasteiger partial charge in [0, 0.05) is 53.5 Å². The summed E-state index contributed by atoms with van der Waals surface area (Å²) < 4.78 is 12.1. The van der Waals surface area contributed by atoms with Crippen LogP contribution in [0.2, 0.25) is 0 Å². The molecule has 0 aromatic carbocycles. The number of H-pyrrole nitrogens is 1. The number of aromatic nitrogens is 4. The van der Waals surface area contributed by atoms with Crippen LogP contribution in [-0.4, -0.2) is 19.5 Å². The van der Waals surface area contributed by atoms with E-state index in [1.54, 1.807) is 36.5 Å². The summed E-state index contributed by atoms with van der Waals surface area (Å²) >= 11 is 3.60. The minimum atomic E-state index is 0.519. The number of allylic oxidation sites excluding steroid dienone is 4. The quantitative estimate of drug-likeness (QED) is 0.165. The predicted octanol–water partition coefficient (Wildman–Crippen LogP) is 27.1. The Morgan fingerprint density at radius 2 is 1.02 bits per heavy atom. The average molecular weight is 1160 g/mol. The predicted molar refractivity (Wildman–Crippen MR) is 376 cm³/mol. The molecule has 0 amide bonds. The van der Waals surface area contributed by atoms with Gasteiger partial charge < -0.3 is 18.4 Å². The molecule has 0 radical (unpaired) electrons. The van der Waals surface area contributed by atoms with Crippen LogP contribution in [0.4, 0.5) is 0 Å². The van der Waals surface area contributed by atoms with E-state index in [4.69, 9.17) is 8.83 Å². The van der Waals surface area contributed by atoms with Crippen molar-refractivity contribution in [2.24, 2.45) is 5.92 Å². The van der Waals surface area contributed by atoms with E-state index in [1.165, 1.54) is 32.8 Å². The number of rotatable bonds is 8. The fourth-order valence-electron chi connectivity index (χ4n) is 5.36. The first-order valence-corrected chi connectivity index (χ1v) is 33.2. The molecule has 0 fully saturated rings. The second kappa shape index (κ2) is 71.2. The first-order valence-electron chi connectivity index (χ1n) is 31.4. The molecule has 7 heterocycles. The van der Waals surface area contributed by atoms with E-state index in [2.05, 4.69) is 201 Å². The highest BCUT2D eigenvalue weighted by Gasteiger charge is 2.01. The van der Waals surface area contributed by atoms with Crippen LogP contribution in [0, 0.1) is 5.92 Å². The van der Waals surface area contributed by atoms with Gasteiger partial charge in [-0.3, -0.25) is 0 Å². The van der Waals surface area contributed by atoms with Gasteiger partial charge in [0.15, 0.2) is 0 Å². The number of hydrogen-bond donors (Lipinski definition) is 1. The van der Waals surface area contributed by atoms with Gasteiger partial charge in [-0.2, -0.15) is 11.3 Å². The van der Waals surface area contributed by atoms with Gasteiger partial charge in [-0.25, -0.2) is 9.97 Å². The molecule has 7 aromatic rings. The molecule has 81 heavy (non-hydrogen) atoms. The van der Waals surface area contributed by atoms with Crippen molar-refractivity contribution in [1.29, 1.82) is 0 Å². The van der Waals surface area contributed by atoms with E-state index < -0.39 is 0 Å². The lowest BCUT2D eigenvalue weighted by molar-refractivity contribution is 0.487. The highest BCUT2D eigenvalue weighted by atomic mass is 32.1. The minimum Gasteiger partial charge on any atom is -0.472 e. The fraction of sp³-hybridized carbons (Fsp3) is 0.562. The molecule has 0 atom stereocenters. The molecule has 8 heteroatoms. The smallest absolute Gasteiger partial charge is 0.115 e. The SMILES string of the molecule is CC.CC.CC.CC.CC.CC.CC.CC.CC(C)C1=CCC=C1.CC(C)c1ccc[nH]1.CC(C)c1ccco1.CC(C)c1cccs1.CC(C)c1ccoc1.CC(C)c1ccsc1.CC(C)c1cncnc1.CC(C)n1cccc1. The first kappa shape index (κ1) is 92.5. The van der Waals surface area contributed by atoms with Crippen LogP contribution in [0.3, 0.4) is 0 Å². The summed E-state index contributed by atoms with van der Waals surface area (Å²) in [6.07, 6.45) is 24.4. The Kier molecular flexibility index (Phi) is 81.3. The largest absolute Gasteiger partial charge is 0.472 e. The third-order valence-corrected chi connectivity index (χ3v) is 11.7. The molecule has 0 saturated carbocycles. The third-order valence-electron chi connectivity index (χ3n) is 9.83. The lowest BCUT2D eigenvalue weighted by atomic mass is 10.1. The standard InChI is InChI=1S/C8H12.C7H10N2.2C7H11N.2C7H10O.2C7H10S.8C2H6/c1-7(2)8-5-3-4-6-8;1-6(2)7-3-8-5-9-4-7;1-7(2)8-5-3-4-6-8;1-6(2)7-4-3-5-8-7;1-6(2)7-3-4-8-5-7;1-6(2)7-4-3-5-8-7;1-6(2)7-3-4-8-5-7;1-6(2)7-4-3-5-8-7;8*1-2/h3,5-7H,4H2,1-2H3;3-6H,1-2H3;3-7H,1-2H3;3-6,8H,1-2H3;4*3-6H,1-2H3;8*1-2H3. The van der Waals surface area contributed by atoms with E-state index in [-0.39, 0.29) is 0 Å². The van der Waals surface area contributed by atoms with E-state index in [0.717, 1.165) is 12.2 Å². The number of aromatic amines is 1. The van der Waals surface area contributed by atoms with Crippen molar-refractivity contribution in [2.75, 3.05) is 0 Å². The summed E-state index contributed by atoms with van der Waals surface area (Å²) in [7, 11) is 0. The summed E-state index contributed by atoms with van der Waals surface area (Å²) in [4.78, 5) is 12.4. The molecule has 0 spiro atoms. The fourth-order valence-corrected chi connectivity index (χ4v) is 6.92. The van der Waals surface area contributed by atoms with Gasteiger partial charge in [-0.05, 0) is 149 Å². The lowest BCUT2D eigenvalue weighted by Gasteiger charge is -2.03. The molecule has 7 aromatic heterocycles. The Morgan fingerprint density at radius 1 is 0.494 bits per heavy atom. The van der Waals surface area contributed by atoms with E-state index in [1.807, 2.05) is 177 Å². The van der Waals surface area contributed by atoms with Crippen LogP contribution in [-0.2, 0) is 0 Å². The zero-order valence-electron chi connectivity index (χ0n) is 58.7. The van der Waals surface area contributed by atoms with Gasteiger partial charge in [0.1, 0.15) is 12.1 Å². The Morgan fingerprint density at radius 3 is 1.23 bits per heavy atom. The monoisotopic (exact) mass is 1160 g/mol. The molecular formula is C73H132N4O2S2. The zero-order chi connectivity index (χ0) is 64.6. The summed E-state index contributed by atoms with van der Waals surface area (Å²) in [6.45, 7) is 66.7. The molecule has 0 unspecified atom stereocenters. The molecule has 1 N–H and O–H groups in total. The van der Waals surface area contributed by atoms with Gasteiger partial charge in [0.25, 0.3) is 0 Å². The average Bonchev–Trinajstić information content (AvgIpc) is 4.36. The van der Waals surface area contributed by atoms with Crippen molar-refractivity contribution in [2.45, 2.75) is 270 Å². The van der Waals surface area contributed by atoms with E-state index in [0.29, 0.717) is 47.5 Å². The van der Waals surface area contributed by atoms with Crippen molar-refractivity contribution in [3.8, 4) is 0 Å². The molecule has 6 nitrogen and oxygen atoms in total. The summed E-state index contributed by atoms with van der Waals surface area (Å²) in [5.41, 5.74) is 6.72. The number of nitrogens with zero attached hydrogens (tertiary/aromatic N) is 3. The summed E-state index contributed by atoms with van der Waals surface area (Å²) in [5, 5.41) is 6.44. The number of nitrogens with one attached hydrogen (secondary N) is 1. The second-order valence-electron chi connectivity index (χ2n) is 18.1. The van der Waals surface area contributed by atoms with Crippen LogP contribution in [0.25, 0.3) is 0 Å². The van der Waals surface area contributed by atoms with Crippen LogP contribution < -0.4 is 0 Å². The first-order chi connectivity index (χ1) is 38.9. The highest BCUT2D eigenvalue weighted by Crippen LogP contribution is 2.20. The Balaban J connectivity index is -0.000000121. The van der Waals surface area contributed by atoms with Gasteiger partial charge in [0.2, 0.25) is 0 Å². The van der Waals surface area contributed by atoms with Crippen LogP contribution in [0.15, 0.2) is 166 Å². The maximum atomic E-state index is 5.09. The molecule has 0 aliphatic heterocycles. The molecule has 1 aliphatic carbocycles. The van der Waals surface area contributed by atoms with Crippen molar-refractivity contribution in [1.82, 2.24) is 19.5 Å². The second-order valence-corrected chi connectivity index (χ2v) is 19.8. The highest BCUT2D eigenvalue weighted by molar-refractivity contribution is 7.10. The van der Waals surface area contributed by atoms with E-state index >= 15 is 0 Å². The maximum absolute atomic E-state index is 5.09. The summed E-state index contributed by atoms with van der Waals surface area (Å²) in [5.74, 6) is 5.45. The topological polar surface area (TPSA) is 72.8 Å². The van der Waals surface area contributed by atoms with Gasteiger partial charge in [-0.1, -0.05) is 232 Å². The van der Waals surface area contributed by atoms with Crippen molar-refractivity contribution in [3.63, 3.8) is 0 Å². The van der Waals surface area contributed by atoms with Crippen molar-refractivity contribution < 1.29 is 8.83 Å². The molecule has 0 bridgehead atoms. The molecule has 1 aliphatic rings. The van der Waals surface area contributed by atoms with Crippen molar-refractivity contribution >= 4 is 22.7 Å². The minimum absolute atomic E-state index is 0.519. The maximum Gasteiger partial charge on any atom is 0.115 e. The van der Waals surface area contributed by atoms with Gasteiger partial charge in [0.05, 0.1) is 18.8 Å². The number of furan rings is 2. The Labute approximate surface area is 513 Å². The molecule has 8 rings (SSSR count). The van der Waals surface area contributed by atoms with Gasteiger partial charge in [-0.15, -0.1) is 11.3 Å². The molecule has 0 saturated heterocycles. The van der Waals surface area contributed by atoms with Crippen LogP contribution in [0.1, 0.15) is 303 Å². The normalized spacial score (nSPS) is 9.60. The van der Waals surface area contributed by atoms with Crippen molar-refractivity contribution in [3.05, 3.63) is 190 Å².